The number of hydrogen-bond acceptors (Lipinski definition) is 3. The maximum absolute atomic E-state index is 14.7. The van der Waals surface area contributed by atoms with E-state index >= 15 is 0 Å². The van der Waals surface area contributed by atoms with Crippen LogP contribution in [0.25, 0.3) is 0 Å². The minimum absolute atomic E-state index is 0.0146. The van der Waals surface area contributed by atoms with E-state index in [1.54, 1.807) is 25.5 Å². The number of halogens is 3. The van der Waals surface area contributed by atoms with Gasteiger partial charge in [-0.05, 0) is 42.0 Å². The number of aliphatic hydroxyl groups is 1. The van der Waals surface area contributed by atoms with Crippen molar-refractivity contribution in [3.05, 3.63) is 69.6 Å². The molecule has 0 heterocycles. The van der Waals surface area contributed by atoms with Crippen molar-refractivity contribution in [1.29, 1.82) is 0 Å². The van der Waals surface area contributed by atoms with E-state index in [0.717, 1.165) is 0 Å². The molecule has 0 unspecified atom stereocenters. The lowest BCUT2D eigenvalue weighted by Gasteiger charge is -2.18. The standard InChI is InChI=1S/C20H20ClF2O3/c1-12(6-7-24)8-15-16(11-25)14(10-18(26-2)20(15)23)9-13-4-3-5-17(21)19(13)22/h3-6,10-12,24H,7-9H2,1-2H3/t12-/m0/s1. The Labute approximate surface area is 156 Å². The first-order valence-electron chi connectivity index (χ1n) is 8.13. The quantitative estimate of drug-likeness (QED) is 0.689. The molecular weight excluding hydrogens is 362 g/mol. The third kappa shape index (κ3) is 4.40. The topological polar surface area (TPSA) is 46.5 Å². The van der Waals surface area contributed by atoms with E-state index in [9.17, 15) is 13.6 Å². The molecule has 0 aliphatic carbocycles. The molecule has 0 saturated heterocycles. The lowest BCUT2D eigenvalue weighted by atomic mass is 9.89. The lowest BCUT2D eigenvalue weighted by Crippen LogP contribution is -2.11. The zero-order valence-corrected chi connectivity index (χ0v) is 15.3. The Hall–Kier alpha value is -1.98. The zero-order chi connectivity index (χ0) is 19.3. The van der Waals surface area contributed by atoms with Gasteiger partial charge in [-0.25, -0.2) is 8.78 Å². The van der Waals surface area contributed by atoms with Crippen LogP contribution in [0.5, 0.6) is 5.75 Å². The van der Waals surface area contributed by atoms with Crippen LogP contribution >= 0.6 is 11.6 Å². The number of rotatable bonds is 8. The highest BCUT2D eigenvalue weighted by molar-refractivity contribution is 6.30. The highest BCUT2D eigenvalue weighted by atomic mass is 35.5. The van der Waals surface area contributed by atoms with Crippen molar-refractivity contribution in [1.82, 2.24) is 0 Å². The number of hydrogen-bond donors (Lipinski definition) is 1. The molecule has 0 bridgehead atoms. The molecule has 26 heavy (non-hydrogen) atoms. The summed E-state index contributed by atoms with van der Waals surface area (Å²) in [4.78, 5) is 11.7. The van der Waals surface area contributed by atoms with Gasteiger partial charge in [-0.3, -0.25) is 4.79 Å². The molecule has 0 amide bonds. The molecule has 0 spiro atoms. The van der Waals surface area contributed by atoms with Crippen molar-refractivity contribution < 1.29 is 23.4 Å². The molecule has 0 aliphatic rings. The van der Waals surface area contributed by atoms with Gasteiger partial charge in [0.15, 0.2) is 17.9 Å². The molecular formula is C20H20ClF2O3. The van der Waals surface area contributed by atoms with Crippen molar-refractivity contribution in [2.24, 2.45) is 5.92 Å². The van der Waals surface area contributed by atoms with E-state index in [0.29, 0.717) is 17.4 Å². The Bertz CT molecular complexity index is 793. The fraction of sp³-hybridized carbons (Fsp3) is 0.300. The Kier molecular flexibility index (Phi) is 7.12. The third-order valence-corrected chi connectivity index (χ3v) is 4.53. The number of aliphatic hydroxyl groups excluding tert-OH is 1. The van der Waals surface area contributed by atoms with E-state index in [2.05, 4.69) is 0 Å². The number of aldehydes is 1. The molecule has 2 aromatic rings. The lowest BCUT2D eigenvalue weighted by molar-refractivity contribution is 0.112. The average Bonchev–Trinajstić information content (AvgIpc) is 2.61. The first-order valence-corrected chi connectivity index (χ1v) is 8.51. The van der Waals surface area contributed by atoms with E-state index in [4.69, 9.17) is 21.4 Å². The monoisotopic (exact) mass is 381 g/mol. The van der Waals surface area contributed by atoms with Crippen molar-refractivity contribution in [3.8, 4) is 5.75 Å². The number of methoxy groups -OCH3 is 1. The van der Waals surface area contributed by atoms with Crippen LogP contribution in [0.1, 0.15) is 34.0 Å². The van der Waals surface area contributed by atoms with Gasteiger partial charge < -0.3 is 9.84 Å². The molecule has 0 fully saturated rings. The number of carbonyl (C=O) groups excluding carboxylic acids is 1. The molecule has 139 valence electrons. The molecule has 1 N–H and O–H groups in total. The van der Waals surface area contributed by atoms with Crippen LogP contribution in [-0.2, 0) is 12.8 Å². The minimum Gasteiger partial charge on any atom is -0.494 e. The Balaban J connectivity index is 2.54. The highest BCUT2D eigenvalue weighted by Crippen LogP contribution is 2.31. The second-order valence-corrected chi connectivity index (χ2v) is 6.46. The predicted molar refractivity (Wildman–Crippen MR) is 96.8 cm³/mol. The van der Waals surface area contributed by atoms with Crippen molar-refractivity contribution >= 4 is 17.9 Å². The van der Waals surface area contributed by atoms with Crippen LogP contribution in [0.4, 0.5) is 8.78 Å². The molecule has 2 rings (SSSR count). The highest BCUT2D eigenvalue weighted by Gasteiger charge is 2.21. The molecule has 0 aromatic heterocycles. The molecule has 6 heteroatoms. The van der Waals surface area contributed by atoms with Gasteiger partial charge in [0.1, 0.15) is 5.82 Å². The normalized spacial score (nSPS) is 12.1. The predicted octanol–water partition coefficient (Wildman–Crippen LogP) is 4.41. The summed E-state index contributed by atoms with van der Waals surface area (Å²) in [6.45, 7) is 1.66. The summed E-state index contributed by atoms with van der Waals surface area (Å²) in [5.41, 5.74) is 1.11. The van der Waals surface area contributed by atoms with Gasteiger partial charge in [0.05, 0.1) is 12.1 Å². The van der Waals surface area contributed by atoms with Gasteiger partial charge >= 0.3 is 0 Å². The number of benzene rings is 2. The second-order valence-electron chi connectivity index (χ2n) is 6.05. The fourth-order valence-electron chi connectivity index (χ4n) is 2.88. The van der Waals surface area contributed by atoms with Crippen molar-refractivity contribution in [2.75, 3.05) is 13.7 Å². The van der Waals surface area contributed by atoms with Gasteiger partial charge in [0.2, 0.25) is 0 Å². The molecule has 0 aliphatic heterocycles. The summed E-state index contributed by atoms with van der Waals surface area (Å²) in [6.07, 6.45) is 2.47. The number of carbonyl (C=O) groups is 1. The van der Waals surface area contributed by atoms with Crippen LogP contribution in [-0.4, -0.2) is 25.1 Å². The minimum atomic E-state index is -0.622. The Morgan fingerprint density at radius 2 is 2.00 bits per heavy atom. The average molecular weight is 382 g/mol. The van der Waals surface area contributed by atoms with Gasteiger partial charge in [0, 0.05) is 24.2 Å². The smallest absolute Gasteiger partial charge is 0.168 e. The van der Waals surface area contributed by atoms with Crippen LogP contribution in [0, 0.1) is 24.0 Å². The molecule has 1 radical (unpaired) electrons. The van der Waals surface area contributed by atoms with Crippen molar-refractivity contribution in [2.45, 2.75) is 19.8 Å². The fourth-order valence-corrected chi connectivity index (χ4v) is 3.07. The third-order valence-electron chi connectivity index (χ3n) is 4.24. The number of ether oxygens (including phenoxy) is 1. The van der Waals surface area contributed by atoms with Gasteiger partial charge in [-0.15, -0.1) is 0 Å². The molecule has 3 nitrogen and oxygen atoms in total. The maximum atomic E-state index is 14.7. The van der Waals surface area contributed by atoms with Crippen LogP contribution in [0.15, 0.2) is 24.3 Å². The van der Waals surface area contributed by atoms with E-state index in [1.165, 1.54) is 19.2 Å². The summed E-state index contributed by atoms with van der Waals surface area (Å²) in [7, 11) is 1.33. The first kappa shape index (κ1) is 20.3. The zero-order valence-electron chi connectivity index (χ0n) is 14.6. The summed E-state index contributed by atoms with van der Waals surface area (Å²) in [5, 5.41) is 9.00. The van der Waals surface area contributed by atoms with Gasteiger partial charge in [0.25, 0.3) is 0 Å². The Morgan fingerprint density at radius 3 is 2.62 bits per heavy atom. The van der Waals surface area contributed by atoms with Gasteiger partial charge in [-0.2, -0.15) is 0 Å². The van der Waals surface area contributed by atoms with Crippen molar-refractivity contribution in [3.63, 3.8) is 0 Å². The summed E-state index contributed by atoms with van der Waals surface area (Å²) >= 11 is 5.82. The maximum Gasteiger partial charge on any atom is 0.168 e. The Morgan fingerprint density at radius 1 is 1.27 bits per heavy atom. The summed E-state index contributed by atoms with van der Waals surface area (Å²) < 4.78 is 34.1. The van der Waals surface area contributed by atoms with Crippen LogP contribution in [0.3, 0.4) is 0 Å². The van der Waals surface area contributed by atoms with E-state index < -0.39 is 11.6 Å². The second kappa shape index (κ2) is 9.10. The van der Waals surface area contributed by atoms with Crippen LogP contribution < -0.4 is 4.74 Å². The summed E-state index contributed by atoms with van der Waals surface area (Å²) in [6, 6.07) is 6.02. The van der Waals surface area contributed by atoms with Crippen LogP contribution in [0.2, 0.25) is 5.02 Å². The SMILES string of the molecule is COc1cc(Cc2cccc(Cl)c2F)c(C=O)c(C[C@@H](C)[CH]CO)c1F. The molecule has 1 atom stereocenters. The first-order chi connectivity index (χ1) is 12.4. The molecule has 0 saturated carbocycles. The largest absolute Gasteiger partial charge is 0.494 e. The summed E-state index contributed by atoms with van der Waals surface area (Å²) in [5.74, 6) is -1.36. The van der Waals surface area contributed by atoms with E-state index in [1.807, 2.05) is 0 Å². The van der Waals surface area contributed by atoms with Gasteiger partial charge in [-0.1, -0.05) is 30.7 Å². The van der Waals surface area contributed by atoms with E-state index in [-0.39, 0.29) is 47.3 Å². The molecule has 2 aromatic carbocycles.